The SMILES string of the molecule is C=C(CC)C(=O)O.C=CC(=O)OC(C)O.C=CC(=O)OCC(CC)CCCC.C=CC(=O)OCCCC. The molecule has 0 bridgehead atoms. The van der Waals surface area contributed by atoms with Gasteiger partial charge in [-0.25, -0.2) is 19.2 Å². The molecule has 0 aliphatic carbocycles. The fourth-order valence-electron chi connectivity index (χ4n) is 1.90. The van der Waals surface area contributed by atoms with Gasteiger partial charge in [0.25, 0.3) is 0 Å². The molecule has 2 unspecified atom stereocenters. The number of carbonyl (C=O) groups excluding carboxylic acids is 3. The van der Waals surface area contributed by atoms with Crippen molar-refractivity contribution in [2.45, 2.75) is 85.9 Å². The van der Waals surface area contributed by atoms with Gasteiger partial charge in [0.2, 0.25) is 0 Å². The van der Waals surface area contributed by atoms with Crippen LogP contribution in [0.5, 0.6) is 0 Å². The number of ether oxygens (including phenoxy) is 3. The molecule has 0 aliphatic heterocycles. The first-order valence-electron chi connectivity index (χ1n) is 12.4. The third-order valence-electron chi connectivity index (χ3n) is 4.26. The van der Waals surface area contributed by atoms with Crippen LogP contribution in [0.1, 0.15) is 79.6 Å². The lowest BCUT2D eigenvalue weighted by Crippen LogP contribution is -2.12. The van der Waals surface area contributed by atoms with E-state index in [0.717, 1.165) is 31.8 Å². The van der Waals surface area contributed by atoms with E-state index >= 15 is 0 Å². The molecule has 2 atom stereocenters. The highest BCUT2D eigenvalue weighted by Crippen LogP contribution is 2.12. The molecule has 0 radical (unpaired) electrons. The number of carboxylic acids is 1. The van der Waals surface area contributed by atoms with Gasteiger partial charge in [-0.2, -0.15) is 0 Å². The Kier molecular flexibility index (Phi) is 34.1. The van der Waals surface area contributed by atoms with Gasteiger partial charge in [0.1, 0.15) is 0 Å². The minimum absolute atomic E-state index is 0.264. The first-order valence-corrected chi connectivity index (χ1v) is 12.4. The third-order valence-corrected chi connectivity index (χ3v) is 4.26. The lowest BCUT2D eigenvalue weighted by molar-refractivity contribution is -0.158. The first kappa shape index (κ1) is 40.9. The fraction of sp³-hybridized carbons (Fsp3) is 0.571. The Bertz CT molecular complexity index is 667. The average Bonchev–Trinajstić information content (AvgIpc) is 2.88. The van der Waals surface area contributed by atoms with Gasteiger partial charge in [0.05, 0.1) is 13.2 Å². The lowest BCUT2D eigenvalue weighted by atomic mass is 10.0. The van der Waals surface area contributed by atoms with E-state index in [1.807, 2.05) is 6.92 Å². The molecule has 0 amide bonds. The Morgan fingerprint density at radius 1 is 0.838 bits per heavy atom. The van der Waals surface area contributed by atoms with Crippen molar-refractivity contribution >= 4 is 23.9 Å². The van der Waals surface area contributed by atoms with Crippen LogP contribution < -0.4 is 0 Å². The predicted molar refractivity (Wildman–Crippen MR) is 146 cm³/mol. The summed E-state index contributed by atoms with van der Waals surface area (Å²) >= 11 is 0. The number of hydrogen-bond acceptors (Lipinski definition) is 8. The molecule has 214 valence electrons. The molecule has 0 spiro atoms. The Balaban J connectivity index is -0.000000202. The number of unbranched alkanes of at least 4 members (excludes halogenated alkanes) is 2. The van der Waals surface area contributed by atoms with Crippen molar-refractivity contribution in [3.8, 4) is 0 Å². The molecule has 0 fully saturated rings. The van der Waals surface area contributed by atoms with Crippen LogP contribution in [-0.2, 0) is 33.4 Å². The van der Waals surface area contributed by atoms with E-state index in [2.05, 4.69) is 49.6 Å². The predicted octanol–water partition coefficient (Wildman–Crippen LogP) is 5.54. The second-order valence-corrected chi connectivity index (χ2v) is 7.48. The van der Waals surface area contributed by atoms with E-state index in [0.29, 0.717) is 25.6 Å². The molecule has 0 aromatic rings. The highest BCUT2D eigenvalue weighted by atomic mass is 16.6. The maximum Gasteiger partial charge on any atom is 0.332 e. The fourth-order valence-corrected chi connectivity index (χ4v) is 1.90. The van der Waals surface area contributed by atoms with E-state index in [9.17, 15) is 19.2 Å². The summed E-state index contributed by atoms with van der Waals surface area (Å²) in [5.74, 6) is -1.63. The maximum absolute atomic E-state index is 10.8. The van der Waals surface area contributed by atoms with E-state index in [-0.39, 0.29) is 17.5 Å². The Morgan fingerprint density at radius 3 is 1.62 bits per heavy atom. The van der Waals surface area contributed by atoms with Crippen LogP contribution in [-0.4, -0.2) is 53.6 Å². The number of hydrogen-bond donors (Lipinski definition) is 2. The summed E-state index contributed by atoms with van der Waals surface area (Å²) in [6.45, 7) is 23.5. The molecule has 2 N–H and O–H groups in total. The number of carbonyl (C=O) groups is 4. The molecular weight excluding hydrogens is 480 g/mol. The van der Waals surface area contributed by atoms with Crippen LogP contribution >= 0.6 is 0 Å². The summed E-state index contributed by atoms with van der Waals surface area (Å²) in [5, 5.41) is 16.4. The smallest absolute Gasteiger partial charge is 0.332 e. The molecule has 37 heavy (non-hydrogen) atoms. The minimum Gasteiger partial charge on any atom is -0.478 e. The number of aliphatic hydroxyl groups excluding tert-OH is 1. The molecule has 9 nitrogen and oxygen atoms in total. The number of carboxylic acid groups (broad SMARTS) is 1. The van der Waals surface area contributed by atoms with Gasteiger partial charge in [0.15, 0.2) is 6.29 Å². The largest absolute Gasteiger partial charge is 0.478 e. The van der Waals surface area contributed by atoms with E-state index in [4.69, 9.17) is 14.9 Å². The summed E-state index contributed by atoms with van der Waals surface area (Å²) in [6.07, 6.45) is 9.48. The van der Waals surface area contributed by atoms with Crippen molar-refractivity contribution in [3.63, 3.8) is 0 Å². The van der Waals surface area contributed by atoms with Gasteiger partial charge in [0, 0.05) is 23.8 Å². The zero-order chi connectivity index (χ0) is 29.6. The molecule has 0 saturated carbocycles. The van der Waals surface area contributed by atoms with Crippen molar-refractivity contribution in [2.24, 2.45) is 5.92 Å². The Hall–Kier alpha value is -3.20. The van der Waals surface area contributed by atoms with Crippen LogP contribution in [0.2, 0.25) is 0 Å². The molecule has 9 heteroatoms. The zero-order valence-electron chi connectivity index (χ0n) is 23.3. The average molecular weight is 529 g/mol. The van der Waals surface area contributed by atoms with Crippen LogP contribution in [0.3, 0.4) is 0 Å². The van der Waals surface area contributed by atoms with Gasteiger partial charge >= 0.3 is 23.9 Å². The van der Waals surface area contributed by atoms with Gasteiger partial charge in [-0.15, -0.1) is 0 Å². The minimum atomic E-state index is -1.04. The molecule has 0 heterocycles. The molecule has 0 saturated heterocycles. The monoisotopic (exact) mass is 528 g/mol. The number of rotatable bonds is 15. The van der Waals surface area contributed by atoms with Crippen molar-refractivity contribution in [2.75, 3.05) is 13.2 Å². The summed E-state index contributed by atoms with van der Waals surface area (Å²) in [7, 11) is 0. The van der Waals surface area contributed by atoms with E-state index in [1.54, 1.807) is 6.92 Å². The third kappa shape index (κ3) is 37.5. The number of esters is 3. The van der Waals surface area contributed by atoms with Crippen molar-refractivity contribution in [1.29, 1.82) is 0 Å². The van der Waals surface area contributed by atoms with Gasteiger partial charge in [-0.1, -0.05) is 79.7 Å². The summed E-state index contributed by atoms with van der Waals surface area (Å²) in [6, 6.07) is 0. The van der Waals surface area contributed by atoms with E-state index < -0.39 is 18.2 Å². The molecule has 0 aromatic carbocycles. The van der Waals surface area contributed by atoms with Crippen molar-refractivity contribution in [3.05, 3.63) is 50.1 Å². The molecule has 0 rings (SSSR count). The quantitative estimate of drug-likeness (QED) is 0.0922. The van der Waals surface area contributed by atoms with Crippen LogP contribution in [0.25, 0.3) is 0 Å². The standard InChI is InChI=1S/C11H20O2.C7H12O2.C5H8O3.C5H8O2/c1-4-7-8-10(5-2)9-13-11(12)6-3;1-3-5-6-9-7(8)4-2;1-3-5(7)8-4(2)6;1-3-4(2)5(6)7/h6,10H,3-5,7-9H2,1-2H3;4H,2-3,5-6H2,1H3;3-4,6H,1H2,2H3;2-3H2,1H3,(H,6,7). The van der Waals surface area contributed by atoms with Crippen LogP contribution in [0.4, 0.5) is 0 Å². The second kappa shape index (κ2) is 30.8. The summed E-state index contributed by atoms with van der Waals surface area (Å²) in [5.41, 5.74) is 0.264. The van der Waals surface area contributed by atoms with Crippen LogP contribution in [0.15, 0.2) is 50.1 Å². The topological polar surface area (TPSA) is 136 Å². The second-order valence-electron chi connectivity index (χ2n) is 7.48. The zero-order valence-corrected chi connectivity index (χ0v) is 23.3. The normalized spacial score (nSPS) is 10.5. The first-order chi connectivity index (χ1) is 17.4. The van der Waals surface area contributed by atoms with Gasteiger partial charge < -0.3 is 24.4 Å². The van der Waals surface area contributed by atoms with Crippen molar-refractivity contribution < 1.29 is 43.6 Å². The number of aliphatic hydroxyl groups is 1. The van der Waals surface area contributed by atoms with Crippen LogP contribution in [0, 0.1) is 5.92 Å². The molecule has 0 aliphatic rings. The Morgan fingerprint density at radius 2 is 1.32 bits per heavy atom. The maximum atomic E-state index is 10.8. The van der Waals surface area contributed by atoms with Crippen molar-refractivity contribution in [1.82, 2.24) is 0 Å². The highest BCUT2D eigenvalue weighted by molar-refractivity contribution is 5.85. The number of aliphatic carboxylic acids is 1. The lowest BCUT2D eigenvalue weighted by Gasteiger charge is -2.13. The summed E-state index contributed by atoms with van der Waals surface area (Å²) in [4.78, 5) is 41.1. The molecule has 0 aromatic heterocycles. The van der Waals surface area contributed by atoms with Gasteiger partial charge in [-0.05, 0) is 32.1 Å². The molecular formula is C28H48O9. The van der Waals surface area contributed by atoms with Gasteiger partial charge in [-0.3, -0.25) is 0 Å². The summed E-state index contributed by atoms with van der Waals surface area (Å²) < 4.78 is 13.9. The Labute approximate surface area is 222 Å². The van der Waals surface area contributed by atoms with E-state index in [1.165, 1.54) is 31.9 Å². The highest BCUT2D eigenvalue weighted by Gasteiger charge is 2.07.